The molecule has 0 aliphatic rings. The van der Waals surface area contributed by atoms with Crippen LogP contribution in [0.5, 0.6) is 0 Å². The van der Waals surface area contributed by atoms with Gasteiger partial charge in [0.1, 0.15) is 11.8 Å². The van der Waals surface area contributed by atoms with Crippen molar-refractivity contribution in [1.29, 1.82) is 0 Å². The quantitative estimate of drug-likeness (QED) is 0.822. The SMILES string of the molecule is CC(CC(=O)NC(CO)c1ccco1)Cc1ccc(Cl)cc1. The molecular weight excluding hydrogens is 302 g/mol. The van der Waals surface area contributed by atoms with Gasteiger partial charge in [-0.15, -0.1) is 0 Å². The first-order valence-corrected chi connectivity index (χ1v) is 7.64. The zero-order valence-corrected chi connectivity index (χ0v) is 13.2. The molecule has 118 valence electrons. The molecule has 1 heterocycles. The first-order valence-electron chi connectivity index (χ1n) is 7.26. The highest BCUT2D eigenvalue weighted by atomic mass is 35.5. The third-order valence-electron chi connectivity index (χ3n) is 3.44. The zero-order chi connectivity index (χ0) is 15.9. The fourth-order valence-corrected chi connectivity index (χ4v) is 2.49. The number of hydrogen-bond acceptors (Lipinski definition) is 3. The standard InChI is InChI=1S/C17H20ClNO3/c1-12(9-13-4-6-14(18)7-5-13)10-17(21)19-15(11-20)16-3-2-8-22-16/h2-8,12,15,20H,9-11H2,1H3,(H,19,21). The maximum atomic E-state index is 12.1. The number of carbonyl (C=O) groups is 1. The molecule has 2 atom stereocenters. The van der Waals surface area contributed by atoms with Gasteiger partial charge >= 0.3 is 0 Å². The second-order valence-corrected chi connectivity index (χ2v) is 5.89. The van der Waals surface area contributed by atoms with Crippen LogP contribution in [0.2, 0.25) is 5.02 Å². The molecule has 0 aliphatic carbocycles. The molecule has 1 aromatic carbocycles. The van der Waals surface area contributed by atoms with Gasteiger partial charge in [0.25, 0.3) is 0 Å². The number of hydrogen-bond donors (Lipinski definition) is 2. The van der Waals surface area contributed by atoms with Gasteiger partial charge in [-0.1, -0.05) is 30.7 Å². The van der Waals surface area contributed by atoms with Crippen molar-refractivity contribution in [2.45, 2.75) is 25.8 Å². The Morgan fingerprint density at radius 2 is 2.05 bits per heavy atom. The molecule has 0 aliphatic heterocycles. The molecule has 0 spiro atoms. The number of furan rings is 1. The van der Waals surface area contributed by atoms with Crippen molar-refractivity contribution in [3.63, 3.8) is 0 Å². The minimum absolute atomic E-state index is 0.100. The number of amides is 1. The topological polar surface area (TPSA) is 62.5 Å². The average molecular weight is 322 g/mol. The van der Waals surface area contributed by atoms with Gasteiger partial charge in [0, 0.05) is 11.4 Å². The van der Waals surface area contributed by atoms with E-state index in [1.807, 2.05) is 31.2 Å². The first kappa shape index (κ1) is 16.6. The van der Waals surface area contributed by atoms with E-state index < -0.39 is 6.04 Å². The van der Waals surface area contributed by atoms with Gasteiger partial charge in [-0.05, 0) is 42.2 Å². The minimum Gasteiger partial charge on any atom is -0.467 e. The summed E-state index contributed by atoms with van der Waals surface area (Å²) in [5.41, 5.74) is 1.15. The Morgan fingerprint density at radius 3 is 2.64 bits per heavy atom. The van der Waals surface area contributed by atoms with Crippen LogP contribution in [0.25, 0.3) is 0 Å². The zero-order valence-electron chi connectivity index (χ0n) is 12.5. The van der Waals surface area contributed by atoms with Gasteiger partial charge in [-0.2, -0.15) is 0 Å². The van der Waals surface area contributed by atoms with E-state index in [0.717, 1.165) is 12.0 Å². The highest BCUT2D eigenvalue weighted by Gasteiger charge is 2.17. The summed E-state index contributed by atoms with van der Waals surface area (Å²) in [4.78, 5) is 12.1. The summed E-state index contributed by atoms with van der Waals surface area (Å²) in [7, 11) is 0. The van der Waals surface area contributed by atoms with E-state index in [1.165, 1.54) is 6.26 Å². The van der Waals surface area contributed by atoms with E-state index in [0.29, 0.717) is 17.2 Å². The van der Waals surface area contributed by atoms with Crippen molar-refractivity contribution in [1.82, 2.24) is 5.32 Å². The number of benzene rings is 1. The summed E-state index contributed by atoms with van der Waals surface area (Å²) in [5, 5.41) is 12.9. The number of nitrogens with one attached hydrogen (secondary N) is 1. The molecular formula is C17H20ClNO3. The highest BCUT2D eigenvalue weighted by molar-refractivity contribution is 6.30. The lowest BCUT2D eigenvalue weighted by Crippen LogP contribution is -2.31. The Kier molecular flexibility index (Phi) is 6.04. The number of aliphatic hydroxyl groups is 1. The van der Waals surface area contributed by atoms with E-state index in [4.69, 9.17) is 16.0 Å². The maximum Gasteiger partial charge on any atom is 0.220 e. The fourth-order valence-electron chi connectivity index (χ4n) is 2.36. The average Bonchev–Trinajstić information content (AvgIpc) is 3.01. The smallest absolute Gasteiger partial charge is 0.220 e. The first-order chi connectivity index (χ1) is 10.6. The van der Waals surface area contributed by atoms with E-state index in [1.54, 1.807) is 12.1 Å². The normalized spacial score (nSPS) is 13.6. The summed E-state index contributed by atoms with van der Waals surface area (Å²) in [6.07, 6.45) is 2.71. The Balaban J connectivity index is 1.84. The molecule has 2 unspecified atom stereocenters. The highest BCUT2D eigenvalue weighted by Crippen LogP contribution is 2.17. The lowest BCUT2D eigenvalue weighted by Gasteiger charge is -2.16. The second-order valence-electron chi connectivity index (χ2n) is 5.46. The van der Waals surface area contributed by atoms with Crippen molar-refractivity contribution in [2.24, 2.45) is 5.92 Å². The lowest BCUT2D eigenvalue weighted by atomic mass is 9.97. The third-order valence-corrected chi connectivity index (χ3v) is 3.69. The predicted octanol–water partition coefficient (Wildman–Crippen LogP) is 3.35. The fraction of sp³-hybridized carbons (Fsp3) is 0.353. The van der Waals surface area contributed by atoms with Crippen LogP contribution in [0.3, 0.4) is 0 Å². The molecule has 22 heavy (non-hydrogen) atoms. The summed E-state index contributed by atoms with van der Waals surface area (Å²) >= 11 is 5.86. The van der Waals surface area contributed by atoms with E-state index in [-0.39, 0.29) is 18.4 Å². The van der Waals surface area contributed by atoms with Crippen LogP contribution in [-0.2, 0) is 11.2 Å². The number of aliphatic hydroxyl groups excluding tert-OH is 1. The van der Waals surface area contributed by atoms with Gasteiger partial charge in [0.15, 0.2) is 0 Å². The van der Waals surface area contributed by atoms with Gasteiger partial charge in [0.05, 0.1) is 12.9 Å². The Hall–Kier alpha value is -1.78. The molecule has 2 aromatic rings. The number of halogens is 1. The molecule has 1 aromatic heterocycles. The summed E-state index contributed by atoms with van der Waals surface area (Å²) in [6, 6.07) is 10.6. The van der Waals surface area contributed by atoms with Crippen LogP contribution < -0.4 is 5.32 Å². The van der Waals surface area contributed by atoms with Crippen LogP contribution in [0.1, 0.15) is 30.7 Å². The summed E-state index contributed by atoms with van der Waals surface area (Å²) in [5.74, 6) is 0.648. The van der Waals surface area contributed by atoms with Crippen LogP contribution >= 0.6 is 11.6 Å². The molecule has 0 saturated heterocycles. The van der Waals surface area contributed by atoms with Gasteiger partial charge in [0.2, 0.25) is 5.91 Å². The van der Waals surface area contributed by atoms with E-state index in [9.17, 15) is 9.90 Å². The van der Waals surface area contributed by atoms with Crippen molar-refractivity contribution < 1.29 is 14.3 Å². The van der Waals surface area contributed by atoms with Gasteiger partial charge in [-0.25, -0.2) is 0 Å². The molecule has 0 radical (unpaired) electrons. The van der Waals surface area contributed by atoms with Crippen molar-refractivity contribution >= 4 is 17.5 Å². The molecule has 5 heteroatoms. The Morgan fingerprint density at radius 1 is 1.32 bits per heavy atom. The second kappa shape index (κ2) is 8.01. The lowest BCUT2D eigenvalue weighted by molar-refractivity contribution is -0.123. The van der Waals surface area contributed by atoms with Crippen molar-refractivity contribution in [3.8, 4) is 0 Å². The largest absolute Gasteiger partial charge is 0.467 e. The van der Waals surface area contributed by atoms with Crippen molar-refractivity contribution in [2.75, 3.05) is 6.61 Å². The minimum atomic E-state index is -0.495. The number of carbonyl (C=O) groups excluding carboxylic acids is 1. The maximum absolute atomic E-state index is 12.1. The van der Waals surface area contributed by atoms with Gasteiger partial charge < -0.3 is 14.8 Å². The molecule has 0 fully saturated rings. The monoisotopic (exact) mass is 321 g/mol. The molecule has 2 rings (SSSR count). The van der Waals surface area contributed by atoms with Crippen LogP contribution in [-0.4, -0.2) is 17.6 Å². The molecule has 4 nitrogen and oxygen atoms in total. The molecule has 0 bridgehead atoms. The van der Waals surface area contributed by atoms with Gasteiger partial charge in [-0.3, -0.25) is 4.79 Å². The van der Waals surface area contributed by atoms with Crippen LogP contribution in [0, 0.1) is 5.92 Å². The third kappa shape index (κ3) is 4.90. The van der Waals surface area contributed by atoms with Crippen molar-refractivity contribution in [3.05, 3.63) is 59.0 Å². The Bertz CT molecular complexity index is 580. The Labute approximate surface area is 135 Å². The molecule has 1 amide bonds. The van der Waals surface area contributed by atoms with Crippen LogP contribution in [0.4, 0.5) is 0 Å². The number of rotatable bonds is 7. The van der Waals surface area contributed by atoms with Crippen LogP contribution in [0.15, 0.2) is 47.1 Å². The molecule has 2 N–H and O–H groups in total. The summed E-state index contributed by atoms with van der Waals surface area (Å²) < 4.78 is 5.21. The summed E-state index contributed by atoms with van der Waals surface area (Å²) in [6.45, 7) is 1.83. The van der Waals surface area contributed by atoms with E-state index in [2.05, 4.69) is 5.32 Å². The predicted molar refractivity (Wildman–Crippen MR) is 85.6 cm³/mol. The van der Waals surface area contributed by atoms with E-state index >= 15 is 0 Å². The molecule has 0 saturated carbocycles.